The standard InChI is InChI=1S/C20H28O4/c1-12-5-7-16-20(4,24-16)10-9-14-13(11-22-18(21)17(12)14)6-8-15-19(2,3)23-15/h6,14-17H,1,5,7-11H2,2-4H3/b13-6-/t14?,15?,16?,17-,20-/m0/s1. The highest BCUT2D eigenvalue weighted by Crippen LogP contribution is 2.49. The van der Waals surface area contributed by atoms with Crippen LogP contribution in [0.25, 0.3) is 0 Å². The molecule has 1 aliphatic carbocycles. The molecule has 5 atom stereocenters. The second-order valence-electron chi connectivity index (χ2n) is 8.57. The van der Waals surface area contributed by atoms with Gasteiger partial charge in [0.15, 0.2) is 0 Å². The number of fused-ring (bicyclic) bond motifs is 2. The van der Waals surface area contributed by atoms with Crippen molar-refractivity contribution in [1.29, 1.82) is 0 Å². The van der Waals surface area contributed by atoms with Crippen molar-refractivity contribution >= 4 is 5.97 Å². The quantitative estimate of drug-likeness (QED) is 0.441. The number of esters is 1. The molecular formula is C20H28O4. The molecule has 4 nitrogen and oxygen atoms in total. The Balaban J connectivity index is 1.55. The first-order chi connectivity index (χ1) is 11.3. The Morgan fingerprint density at radius 1 is 1.25 bits per heavy atom. The molecule has 3 saturated heterocycles. The summed E-state index contributed by atoms with van der Waals surface area (Å²) in [5.74, 6) is -0.0635. The number of hydrogen-bond donors (Lipinski definition) is 0. The van der Waals surface area contributed by atoms with Gasteiger partial charge in [0.05, 0.1) is 29.3 Å². The Kier molecular flexibility index (Phi) is 3.70. The lowest BCUT2D eigenvalue weighted by Crippen LogP contribution is -2.36. The third kappa shape index (κ3) is 2.84. The number of carbonyl (C=O) groups excluding carboxylic acids is 1. The predicted octanol–water partition coefficient (Wildman–Crippen LogP) is 3.56. The van der Waals surface area contributed by atoms with Crippen LogP contribution in [0.1, 0.15) is 52.9 Å². The number of epoxide rings is 2. The minimum Gasteiger partial charge on any atom is -0.461 e. The maximum absolute atomic E-state index is 12.4. The zero-order valence-electron chi connectivity index (χ0n) is 15.0. The fourth-order valence-electron chi connectivity index (χ4n) is 4.46. The Morgan fingerprint density at radius 2 is 2.00 bits per heavy atom. The lowest BCUT2D eigenvalue weighted by atomic mass is 9.76. The van der Waals surface area contributed by atoms with Crippen molar-refractivity contribution in [2.75, 3.05) is 6.61 Å². The number of rotatable bonds is 2. The molecule has 3 heterocycles. The zero-order valence-corrected chi connectivity index (χ0v) is 15.0. The van der Waals surface area contributed by atoms with E-state index in [1.165, 1.54) is 5.57 Å². The molecule has 3 unspecified atom stereocenters. The molecular weight excluding hydrogens is 304 g/mol. The SMILES string of the molecule is C=C1CCC2O[C@@]2(C)CCC2/C(=C\CC3OC3(C)C)COC(=O)[C@@H]12. The van der Waals surface area contributed by atoms with Crippen molar-refractivity contribution in [3.63, 3.8) is 0 Å². The second-order valence-corrected chi connectivity index (χ2v) is 8.57. The van der Waals surface area contributed by atoms with Gasteiger partial charge in [-0.05, 0) is 58.4 Å². The molecule has 4 heteroatoms. The highest BCUT2D eigenvalue weighted by Gasteiger charge is 2.53. The maximum Gasteiger partial charge on any atom is 0.313 e. The van der Waals surface area contributed by atoms with Crippen molar-refractivity contribution < 1.29 is 19.0 Å². The minimum atomic E-state index is -0.181. The van der Waals surface area contributed by atoms with E-state index in [2.05, 4.69) is 33.4 Å². The largest absolute Gasteiger partial charge is 0.461 e. The lowest BCUT2D eigenvalue weighted by Gasteiger charge is -2.34. The van der Waals surface area contributed by atoms with Crippen LogP contribution in [0, 0.1) is 11.8 Å². The summed E-state index contributed by atoms with van der Waals surface area (Å²) < 4.78 is 17.1. The van der Waals surface area contributed by atoms with Crippen LogP contribution in [0.5, 0.6) is 0 Å². The average molecular weight is 332 g/mol. The van der Waals surface area contributed by atoms with E-state index in [0.29, 0.717) is 12.7 Å². The number of cyclic esters (lactones) is 1. The van der Waals surface area contributed by atoms with E-state index in [0.717, 1.165) is 37.7 Å². The molecule has 3 aliphatic heterocycles. The number of hydrogen-bond acceptors (Lipinski definition) is 4. The third-order valence-corrected chi connectivity index (χ3v) is 6.43. The fourth-order valence-corrected chi connectivity index (χ4v) is 4.46. The van der Waals surface area contributed by atoms with Crippen molar-refractivity contribution in [1.82, 2.24) is 0 Å². The summed E-state index contributed by atoms with van der Waals surface area (Å²) in [5.41, 5.74) is 2.25. The molecule has 0 bridgehead atoms. The average Bonchev–Trinajstić information content (AvgIpc) is 3.36. The molecule has 4 aliphatic rings. The van der Waals surface area contributed by atoms with Crippen molar-refractivity contribution in [2.24, 2.45) is 11.8 Å². The van der Waals surface area contributed by atoms with Crippen LogP contribution in [0.2, 0.25) is 0 Å². The minimum absolute atomic E-state index is 0.00320. The Hall–Kier alpha value is -1.13. The first-order valence-electron chi connectivity index (χ1n) is 9.19. The molecule has 132 valence electrons. The number of carbonyl (C=O) groups is 1. The summed E-state index contributed by atoms with van der Waals surface area (Å²) in [4.78, 5) is 12.4. The Bertz CT molecular complexity index is 605. The molecule has 0 aromatic rings. The summed E-state index contributed by atoms with van der Waals surface area (Å²) in [6, 6.07) is 0. The van der Waals surface area contributed by atoms with Crippen LogP contribution < -0.4 is 0 Å². The van der Waals surface area contributed by atoms with Crippen molar-refractivity contribution in [3.05, 3.63) is 23.8 Å². The van der Waals surface area contributed by atoms with Gasteiger partial charge in [-0.1, -0.05) is 18.2 Å². The van der Waals surface area contributed by atoms with Gasteiger partial charge in [-0.2, -0.15) is 0 Å². The van der Waals surface area contributed by atoms with Gasteiger partial charge in [-0.3, -0.25) is 4.79 Å². The summed E-state index contributed by atoms with van der Waals surface area (Å²) in [5, 5.41) is 0. The van der Waals surface area contributed by atoms with Gasteiger partial charge in [0, 0.05) is 5.92 Å². The summed E-state index contributed by atoms with van der Waals surface area (Å²) in [7, 11) is 0. The summed E-state index contributed by atoms with van der Waals surface area (Å²) in [6.07, 6.45) is 7.55. The van der Waals surface area contributed by atoms with E-state index in [9.17, 15) is 4.79 Å². The molecule has 0 amide bonds. The van der Waals surface area contributed by atoms with E-state index in [-0.39, 0.29) is 35.1 Å². The smallest absolute Gasteiger partial charge is 0.313 e. The van der Waals surface area contributed by atoms with E-state index in [1.807, 2.05) is 0 Å². The maximum atomic E-state index is 12.4. The molecule has 0 aromatic carbocycles. The highest BCUT2D eigenvalue weighted by atomic mass is 16.6. The molecule has 1 saturated carbocycles. The van der Waals surface area contributed by atoms with Gasteiger partial charge >= 0.3 is 5.97 Å². The van der Waals surface area contributed by atoms with Crippen LogP contribution in [-0.2, 0) is 19.0 Å². The van der Waals surface area contributed by atoms with E-state index in [1.54, 1.807) is 0 Å². The molecule has 24 heavy (non-hydrogen) atoms. The Labute approximate surface area is 144 Å². The normalized spacial score (nSPS) is 45.4. The second kappa shape index (κ2) is 5.43. The van der Waals surface area contributed by atoms with Crippen LogP contribution >= 0.6 is 0 Å². The third-order valence-electron chi connectivity index (χ3n) is 6.43. The molecule has 0 N–H and O–H groups in total. The van der Waals surface area contributed by atoms with E-state index < -0.39 is 0 Å². The van der Waals surface area contributed by atoms with Crippen molar-refractivity contribution in [2.45, 2.75) is 76.3 Å². The van der Waals surface area contributed by atoms with Gasteiger partial charge in [0.1, 0.15) is 6.61 Å². The van der Waals surface area contributed by atoms with Gasteiger partial charge in [-0.25, -0.2) is 0 Å². The number of ether oxygens (including phenoxy) is 3. The Morgan fingerprint density at radius 3 is 2.71 bits per heavy atom. The van der Waals surface area contributed by atoms with Gasteiger partial charge in [0.25, 0.3) is 0 Å². The van der Waals surface area contributed by atoms with E-state index >= 15 is 0 Å². The van der Waals surface area contributed by atoms with Crippen LogP contribution in [0.4, 0.5) is 0 Å². The summed E-state index contributed by atoms with van der Waals surface area (Å²) >= 11 is 0. The predicted molar refractivity (Wildman–Crippen MR) is 90.5 cm³/mol. The van der Waals surface area contributed by atoms with Crippen molar-refractivity contribution in [3.8, 4) is 0 Å². The molecule has 0 spiro atoms. The first-order valence-corrected chi connectivity index (χ1v) is 9.19. The van der Waals surface area contributed by atoms with Gasteiger partial charge in [-0.15, -0.1) is 0 Å². The monoisotopic (exact) mass is 332 g/mol. The molecule has 0 aromatic heterocycles. The van der Waals surface area contributed by atoms with Crippen LogP contribution in [-0.4, -0.2) is 36.0 Å². The first kappa shape index (κ1) is 16.3. The highest BCUT2D eigenvalue weighted by molar-refractivity contribution is 5.78. The van der Waals surface area contributed by atoms with E-state index in [4.69, 9.17) is 14.2 Å². The lowest BCUT2D eigenvalue weighted by molar-refractivity contribution is -0.151. The van der Waals surface area contributed by atoms with Gasteiger partial charge in [0.2, 0.25) is 0 Å². The van der Waals surface area contributed by atoms with Crippen LogP contribution in [0.3, 0.4) is 0 Å². The zero-order chi connectivity index (χ0) is 17.1. The topological polar surface area (TPSA) is 51.4 Å². The fraction of sp³-hybridized carbons (Fsp3) is 0.750. The van der Waals surface area contributed by atoms with Crippen LogP contribution in [0.15, 0.2) is 23.8 Å². The molecule has 0 radical (unpaired) electrons. The summed E-state index contributed by atoms with van der Waals surface area (Å²) in [6.45, 7) is 11.1. The molecule has 4 fully saturated rings. The molecule has 4 rings (SSSR count). The van der Waals surface area contributed by atoms with Gasteiger partial charge < -0.3 is 14.2 Å².